The summed E-state index contributed by atoms with van der Waals surface area (Å²) in [6.07, 6.45) is 12.1. The molecule has 1 aliphatic heterocycles. The fourth-order valence-corrected chi connectivity index (χ4v) is 4.54. The van der Waals surface area contributed by atoms with Gasteiger partial charge in [0.2, 0.25) is 0 Å². The Kier molecular flexibility index (Phi) is 2.31. The lowest BCUT2D eigenvalue weighted by Gasteiger charge is -2.30. The van der Waals surface area contributed by atoms with Crippen LogP contribution < -0.4 is 0 Å². The van der Waals surface area contributed by atoms with E-state index in [-0.39, 0.29) is 0 Å². The Morgan fingerprint density at radius 3 is 1.64 bits per heavy atom. The monoisotopic (exact) mass is 193 g/mol. The topological polar surface area (TPSA) is 3.24 Å². The standard InChI is InChI=1S/C13H23N/c1-14-12-8-4-2-6-10(12)11-7-3-5-9-13(11)14/h10-13H,2-9H2,1H3/t10?,11?,12-,13?/m0/s1. The molecular formula is C13H23N. The molecule has 0 N–H and O–H groups in total. The Hall–Kier alpha value is -0.0400. The van der Waals surface area contributed by atoms with Crippen LogP contribution in [-0.4, -0.2) is 24.0 Å². The normalized spacial score (nSPS) is 48.6. The summed E-state index contributed by atoms with van der Waals surface area (Å²) in [5.74, 6) is 2.16. The number of hydrogen-bond donors (Lipinski definition) is 0. The van der Waals surface area contributed by atoms with Gasteiger partial charge in [0, 0.05) is 12.1 Å². The largest absolute Gasteiger partial charge is 0.300 e. The average Bonchev–Trinajstić information content (AvgIpc) is 2.55. The quantitative estimate of drug-likeness (QED) is 0.571. The summed E-state index contributed by atoms with van der Waals surface area (Å²) in [7, 11) is 2.40. The molecule has 3 rings (SSSR count). The van der Waals surface area contributed by atoms with Gasteiger partial charge in [-0.2, -0.15) is 0 Å². The van der Waals surface area contributed by atoms with Crippen LogP contribution in [0.1, 0.15) is 51.4 Å². The second kappa shape index (κ2) is 3.52. The lowest BCUT2D eigenvalue weighted by molar-refractivity contribution is 0.176. The first-order chi connectivity index (χ1) is 6.88. The van der Waals surface area contributed by atoms with E-state index in [0.29, 0.717) is 0 Å². The van der Waals surface area contributed by atoms with Crippen LogP contribution in [0.2, 0.25) is 0 Å². The minimum absolute atomic E-state index is 0.969. The van der Waals surface area contributed by atoms with E-state index in [2.05, 4.69) is 11.9 Å². The first-order valence-electron chi connectivity index (χ1n) is 6.60. The van der Waals surface area contributed by atoms with Gasteiger partial charge >= 0.3 is 0 Å². The summed E-state index contributed by atoms with van der Waals surface area (Å²) in [5, 5.41) is 0. The molecule has 0 aromatic heterocycles. The van der Waals surface area contributed by atoms with E-state index in [1.54, 1.807) is 0 Å². The van der Waals surface area contributed by atoms with E-state index in [9.17, 15) is 0 Å². The Morgan fingerprint density at radius 2 is 1.14 bits per heavy atom. The first-order valence-corrected chi connectivity index (χ1v) is 6.60. The second-order valence-electron chi connectivity index (χ2n) is 5.70. The minimum atomic E-state index is 0.969. The molecule has 80 valence electrons. The maximum atomic E-state index is 2.76. The lowest BCUT2D eigenvalue weighted by atomic mass is 9.73. The zero-order valence-corrected chi connectivity index (χ0v) is 9.41. The van der Waals surface area contributed by atoms with E-state index in [1.165, 1.54) is 51.4 Å². The summed E-state index contributed by atoms with van der Waals surface area (Å²) in [6, 6.07) is 1.94. The van der Waals surface area contributed by atoms with E-state index in [0.717, 1.165) is 23.9 Å². The van der Waals surface area contributed by atoms with Crippen LogP contribution in [-0.2, 0) is 0 Å². The van der Waals surface area contributed by atoms with Gasteiger partial charge in [-0.1, -0.05) is 25.7 Å². The number of rotatable bonds is 0. The molecule has 1 heteroatoms. The summed E-state index contributed by atoms with van der Waals surface area (Å²) in [6.45, 7) is 0. The van der Waals surface area contributed by atoms with Crippen LogP contribution in [0.4, 0.5) is 0 Å². The molecule has 3 aliphatic rings. The van der Waals surface area contributed by atoms with Gasteiger partial charge in [0.1, 0.15) is 0 Å². The molecule has 0 bridgehead atoms. The zero-order valence-electron chi connectivity index (χ0n) is 9.41. The molecule has 2 saturated carbocycles. The van der Waals surface area contributed by atoms with Crippen LogP contribution in [0, 0.1) is 11.8 Å². The predicted octanol–water partition coefficient (Wildman–Crippen LogP) is 3.05. The zero-order chi connectivity index (χ0) is 9.54. The molecule has 1 nitrogen and oxygen atoms in total. The molecule has 3 fully saturated rings. The van der Waals surface area contributed by atoms with Crippen molar-refractivity contribution in [2.45, 2.75) is 63.5 Å². The van der Waals surface area contributed by atoms with E-state index < -0.39 is 0 Å². The molecule has 3 unspecified atom stereocenters. The van der Waals surface area contributed by atoms with Crippen LogP contribution in [0.3, 0.4) is 0 Å². The van der Waals surface area contributed by atoms with Gasteiger partial charge < -0.3 is 0 Å². The number of likely N-dealkylation sites (tertiary alicyclic amines) is 1. The highest BCUT2D eigenvalue weighted by atomic mass is 15.2. The SMILES string of the molecule is CN1C2CCCCC2C2CCCC[C@@H]21. The number of fused-ring (bicyclic) bond motifs is 3. The van der Waals surface area contributed by atoms with E-state index in [1.807, 2.05) is 0 Å². The molecule has 1 saturated heterocycles. The molecule has 1 heterocycles. The molecule has 0 aromatic carbocycles. The van der Waals surface area contributed by atoms with Crippen LogP contribution >= 0.6 is 0 Å². The van der Waals surface area contributed by atoms with Crippen LogP contribution in [0.25, 0.3) is 0 Å². The van der Waals surface area contributed by atoms with Crippen molar-refractivity contribution in [1.29, 1.82) is 0 Å². The average molecular weight is 193 g/mol. The molecule has 2 aliphatic carbocycles. The highest BCUT2D eigenvalue weighted by molar-refractivity contribution is 5.01. The highest BCUT2D eigenvalue weighted by Gasteiger charge is 2.47. The third kappa shape index (κ3) is 1.25. The third-order valence-electron chi connectivity index (χ3n) is 5.16. The summed E-state index contributed by atoms with van der Waals surface area (Å²) >= 11 is 0. The van der Waals surface area contributed by atoms with Crippen LogP contribution in [0.5, 0.6) is 0 Å². The van der Waals surface area contributed by atoms with Crippen molar-refractivity contribution in [3.05, 3.63) is 0 Å². The molecule has 0 radical (unpaired) electrons. The first kappa shape index (κ1) is 9.21. The summed E-state index contributed by atoms with van der Waals surface area (Å²) in [5.41, 5.74) is 0. The predicted molar refractivity (Wildman–Crippen MR) is 59.3 cm³/mol. The summed E-state index contributed by atoms with van der Waals surface area (Å²) in [4.78, 5) is 2.76. The van der Waals surface area contributed by atoms with Crippen LogP contribution in [0.15, 0.2) is 0 Å². The maximum absolute atomic E-state index is 2.76. The smallest absolute Gasteiger partial charge is 0.0127 e. The molecule has 0 spiro atoms. The fourth-order valence-electron chi connectivity index (χ4n) is 4.54. The van der Waals surface area contributed by atoms with Crippen molar-refractivity contribution >= 4 is 0 Å². The van der Waals surface area contributed by atoms with E-state index in [4.69, 9.17) is 0 Å². The van der Waals surface area contributed by atoms with Gasteiger partial charge in [0.25, 0.3) is 0 Å². The van der Waals surface area contributed by atoms with Gasteiger partial charge in [-0.15, -0.1) is 0 Å². The Bertz CT molecular complexity index is 191. The van der Waals surface area contributed by atoms with Gasteiger partial charge in [0.05, 0.1) is 0 Å². The summed E-state index contributed by atoms with van der Waals surface area (Å²) < 4.78 is 0. The van der Waals surface area contributed by atoms with Crippen molar-refractivity contribution in [3.63, 3.8) is 0 Å². The molecular weight excluding hydrogens is 170 g/mol. The van der Waals surface area contributed by atoms with Crippen molar-refractivity contribution in [2.75, 3.05) is 7.05 Å². The lowest BCUT2D eigenvalue weighted by Crippen LogP contribution is -2.36. The molecule has 0 aromatic rings. The van der Waals surface area contributed by atoms with Gasteiger partial charge in [-0.3, -0.25) is 4.90 Å². The molecule has 14 heavy (non-hydrogen) atoms. The Labute approximate surface area is 87.9 Å². The van der Waals surface area contributed by atoms with Crippen molar-refractivity contribution in [1.82, 2.24) is 4.90 Å². The third-order valence-corrected chi connectivity index (χ3v) is 5.16. The molecule has 4 atom stereocenters. The van der Waals surface area contributed by atoms with Crippen molar-refractivity contribution in [3.8, 4) is 0 Å². The Balaban J connectivity index is 1.83. The number of nitrogens with zero attached hydrogens (tertiary/aromatic N) is 1. The van der Waals surface area contributed by atoms with Gasteiger partial charge in [-0.05, 0) is 44.6 Å². The minimum Gasteiger partial charge on any atom is -0.300 e. The Morgan fingerprint density at radius 1 is 0.714 bits per heavy atom. The maximum Gasteiger partial charge on any atom is 0.0127 e. The van der Waals surface area contributed by atoms with Gasteiger partial charge in [-0.25, -0.2) is 0 Å². The second-order valence-corrected chi connectivity index (χ2v) is 5.70. The fraction of sp³-hybridized carbons (Fsp3) is 1.00. The van der Waals surface area contributed by atoms with Gasteiger partial charge in [0.15, 0.2) is 0 Å². The van der Waals surface area contributed by atoms with E-state index >= 15 is 0 Å². The van der Waals surface area contributed by atoms with Crippen molar-refractivity contribution < 1.29 is 0 Å². The number of hydrogen-bond acceptors (Lipinski definition) is 1. The highest BCUT2D eigenvalue weighted by Crippen LogP contribution is 2.48. The van der Waals surface area contributed by atoms with Crippen molar-refractivity contribution in [2.24, 2.45) is 11.8 Å². The molecule has 0 amide bonds.